The van der Waals surface area contributed by atoms with Gasteiger partial charge in [-0.2, -0.15) is 0 Å². The minimum atomic E-state index is 0.614. The molecule has 0 aliphatic carbocycles. The van der Waals surface area contributed by atoms with Gasteiger partial charge in [0.1, 0.15) is 5.82 Å². The van der Waals surface area contributed by atoms with E-state index in [0.717, 1.165) is 40.2 Å². The van der Waals surface area contributed by atoms with Crippen molar-refractivity contribution in [3.8, 4) is 11.3 Å². The molecule has 104 valence electrons. The maximum atomic E-state index is 5.64. The Kier molecular flexibility index (Phi) is 3.06. The minimum absolute atomic E-state index is 0.614. The van der Waals surface area contributed by atoms with Gasteiger partial charge in [0.25, 0.3) is 0 Å². The van der Waals surface area contributed by atoms with E-state index in [1.807, 2.05) is 25.0 Å². The third-order valence-corrected chi connectivity index (χ3v) is 3.84. The number of aromatic nitrogens is 4. The predicted octanol–water partition coefficient (Wildman–Crippen LogP) is 1.78. The number of benzene rings is 1. The molecule has 2 N–H and O–H groups in total. The Morgan fingerprint density at radius 1 is 1.25 bits per heavy atom. The van der Waals surface area contributed by atoms with E-state index in [2.05, 4.69) is 34.7 Å². The van der Waals surface area contributed by atoms with E-state index in [0.29, 0.717) is 6.54 Å². The number of fused-ring (bicyclic) bond motifs is 1. The maximum Gasteiger partial charge on any atom is 0.110 e. The SMILES string of the molecule is Cc1c(-c2ccc3c(c2)ncn3C)nc(CCN)n1C. The molecule has 1 aromatic carbocycles. The molecule has 0 unspecified atom stereocenters. The Hall–Kier alpha value is -2.14. The zero-order valence-corrected chi connectivity index (χ0v) is 12.1. The van der Waals surface area contributed by atoms with Gasteiger partial charge in [0.15, 0.2) is 0 Å². The first-order chi connectivity index (χ1) is 9.61. The highest BCUT2D eigenvalue weighted by Gasteiger charge is 2.13. The Morgan fingerprint density at radius 3 is 2.80 bits per heavy atom. The van der Waals surface area contributed by atoms with Crippen LogP contribution < -0.4 is 5.73 Å². The number of hydrogen-bond acceptors (Lipinski definition) is 3. The number of imidazole rings is 2. The first-order valence-electron chi connectivity index (χ1n) is 6.75. The molecule has 5 nitrogen and oxygen atoms in total. The standard InChI is InChI=1S/C15H19N5/c1-10-15(18-14(6-7-16)20(10)3)11-4-5-13-12(8-11)17-9-19(13)2/h4-5,8-9H,6-7,16H2,1-3H3. The summed E-state index contributed by atoms with van der Waals surface area (Å²) in [7, 11) is 4.04. The monoisotopic (exact) mass is 269 g/mol. The van der Waals surface area contributed by atoms with Gasteiger partial charge in [0, 0.05) is 31.8 Å². The van der Waals surface area contributed by atoms with Gasteiger partial charge in [0.05, 0.1) is 23.1 Å². The van der Waals surface area contributed by atoms with Crippen molar-refractivity contribution in [3.05, 3.63) is 36.0 Å². The summed E-state index contributed by atoms with van der Waals surface area (Å²) in [5.41, 5.74) is 11.0. The number of hydrogen-bond donors (Lipinski definition) is 1. The lowest BCUT2D eigenvalue weighted by Gasteiger charge is -2.02. The Bertz CT molecular complexity index is 766. The molecule has 0 amide bonds. The summed E-state index contributed by atoms with van der Waals surface area (Å²) in [6, 6.07) is 6.29. The summed E-state index contributed by atoms with van der Waals surface area (Å²) in [5, 5.41) is 0. The van der Waals surface area contributed by atoms with Crippen molar-refractivity contribution in [2.45, 2.75) is 13.3 Å². The molecule has 2 aromatic heterocycles. The van der Waals surface area contributed by atoms with Crippen LogP contribution in [-0.2, 0) is 20.5 Å². The second kappa shape index (κ2) is 4.76. The van der Waals surface area contributed by atoms with Crippen molar-refractivity contribution < 1.29 is 0 Å². The van der Waals surface area contributed by atoms with Gasteiger partial charge in [-0.3, -0.25) is 0 Å². The van der Waals surface area contributed by atoms with E-state index in [1.54, 1.807) is 0 Å². The van der Waals surface area contributed by atoms with E-state index in [9.17, 15) is 0 Å². The molecule has 2 heterocycles. The second-order valence-electron chi connectivity index (χ2n) is 5.12. The summed E-state index contributed by atoms with van der Waals surface area (Å²) in [6.07, 6.45) is 2.63. The summed E-state index contributed by atoms with van der Waals surface area (Å²) >= 11 is 0. The molecule has 3 rings (SSSR count). The largest absolute Gasteiger partial charge is 0.335 e. The average Bonchev–Trinajstić information content (AvgIpc) is 2.95. The fourth-order valence-electron chi connectivity index (χ4n) is 2.55. The molecule has 0 atom stereocenters. The van der Waals surface area contributed by atoms with Crippen molar-refractivity contribution in [1.29, 1.82) is 0 Å². The Balaban J connectivity index is 2.12. The van der Waals surface area contributed by atoms with Crippen LogP contribution in [0.2, 0.25) is 0 Å². The highest BCUT2D eigenvalue weighted by molar-refractivity contribution is 5.81. The van der Waals surface area contributed by atoms with Crippen LogP contribution in [0.3, 0.4) is 0 Å². The quantitative estimate of drug-likeness (QED) is 0.788. The molecule has 0 bridgehead atoms. The first kappa shape index (κ1) is 12.9. The van der Waals surface area contributed by atoms with Crippen LogP contribution in [-0.4, -0.2) is 25.6 Å². The van der Waals surface area contributed by atoms with Crippen LogP contribution in [0.4, 0.5) is 0 Å². The fraction of sp³-hybridized carbons (Fsp3) is 0.333. The summed E-state index contributed by atoms with van der Waals surface area (Å²) in [6.45, 7) is 2.70. The molecule has 0 fully saturated rings. The van der Waals surface area contributed by atoms with Crippen LogP contribution in [0.5, 0.6) is 0 Å². The molecule has 0 spiro atoms. The van der Waals surface area contributed by atoms with Crippen LogP contribution in [0, 0.1) is 6.92 Å². The second-order valence-corrected chi connectivity index (χ2v) is 5.12. The van der Waals surface area contributed by atoms with Crippen molar-refractivity contribution in [2.75, 3.05) is 6.54 Å². The number of nitrogens with two attached hydrogens (primary N) is 1. The zero-order valence-electron chi connectivity index (χ0n) is 12.1. The van der Waals surface area contributed by atoms with Gasteiger partial charge in [-0.25, -0.2) is 9.97 Å². The topological polar surface area (TPSA) is 61.7 Å². The molecule has 0 radical (unpaired) electrons. The van der Waals surface area contributed by atoms with Gasteiger partial charge < -0.3 is 14.9 Å². The van der Waals surface area contributed by atoms with Crippen LogP contribution in [0.1, 0.15) is 11.5 Å². The molecule has 20 heavy (non-hydrogen) atoms. The maximum absolute atomic E-state index is 5.64. The van der Waals surface area contributed by atoms with Crippen molar-refractivity contribution in [3.63, 3.8) is 0 Å². The molecule has 5 heteroatoms. The number of nitrogens with zero attached hydrogens (tertiary/aromatic N) is 4. The molecule has 3 aromatic rings. The predicted molar refractivity (Wildman–Crippen MR) is 80.4 cm³/mol. The van der Waals surface area contributed by atoms with Crippen LogP contribution >= 0.6 is 0 Å². The smallest absolute Gasteiger partial charge is 0.110 e. The Labute approximate surface area is 118 Å². The van der Waals surface area contributed by atoms with Crippen molar-refractivity contribution in [2.24, 2.45) is 19.8 Å². The molecule has 0 aliphatic heterocycles. The molecule has 0 saturated carbocycles. The summed E-state index contributed by atoms with van der Waals surface area (Å²) < 4.78 is 4.13. The highest BCUT2D eigenvalue weighted by atomic mass is 15.1. The zero-order chi connectivity index (χ0) is 14.3. The van der Waals surface area contributed by atoms with Crippen molar-refractivity contribution in [1.82, 2.24) is 19.1 Å². The van der Waals surface area contributed by atoms with E-state index in [4.69, 9.17) is 10.7 Å². The van der Waals surface area contributed by atoms with Crippen molar-refractivity contribution >= 4 is 11.0 Å². The molecular formula is C15H19N5. The van der Waals surface area contributed by atoms with E-state index in [-0.39, 0.29) is 0 Å². The molecule has 0 saturated heterocycles. The van der Waals surface area contributed by atoms with E-state index >= 15 is 0 Å². The summed E-state index contributed by atoms with van der Waals surface area (Å²) in [4.78, 5) is 9.14. The lowest BCUT2D eigenvalue weighted by atomic mass is 10.1. The molecule has 0 aliphatic rings. The fourth-order valence-corrected chi connectivity index (χ4v) is 2.55. The molecular weight excluding hydrogens is 250 g/mol. The first-order valence-corrected chi connectivity index (χ1v) is 6.75. The van der Waals surface area contributed by atoms with Crippen LogP contribution in [0.15, 0.2) is 24.5 Å². The average molecular weight is 269 g/mol. The lowest BCUT2D eigenvalue weighted by Crippen LogP contribution is -2.08. The third-order valence-electron chi connectivity index (χ3n) is 3.84. The lowest BCUT2D eigenvalue weighted by molar-refractivity contribution is 0.761. The highest BCUT2D eigenvalue weighted by Crippen LogP contribution is 2.26. The van der Waals surface area contributed by atoms with E-state index in [1.165, 1.54) is 0 Å². The van der Waals surface area contributed by atoms with Gasteiger partial charge in [-0.15, -0.1) is 0 Å². The van der Waals surface area contributed by atoms with Gasteiger partial charge in [-0.05, 0) is 25.6 Å². The van der Waals surface area contributed by atoms with Gasteiger partial charge in [-0.1, -0.05) is 6.07 Å². The third kappa shape index (κ3) is 1.91. The normalized spacial score (nSPS) is 11.4. The summed E-state index contributed by atoms with van der Waals surface area (Å²) in [5.74, 6) is 1.03. The number of rotatable bonds is 3. The Morgan fingerprint density at radius 2 is 2.05 bits per heavy atom. The number of aryl methyl sites for hydroxylation is 1. The van der Waals surface area contributed by atoms with Gasteiger partial charge in [0.2, 0.25) is 0 Å². The van der Waals surface area contributed by atoms with Gasteiger partial charge >= 0.3 is 0 Å². The van der Waals surface area contributed by atoms with E-state index < -0.39 is 0 Å². The van der Waals surface area contributed by atoms with Crippen LogP contribution in [0.25, 0.3) is 22.3 Å². The minimum Gasteiger partial charge on any atom is -0.335 e.